The molecule has 0 fully saturated rings. The van der Waals surface area contributed by atoms with Gasteiger partial charge in [0.2, 0.25) is 0 Å². The number of ether oxygens (including phenoxy) is 1. The molecule has 0 aliphatic heterocycles. The van der Waals surface area contributed by atoms with Crippen molar-refractivity contribution in [2.24, 2.45) is 5.73 Å². The van der Waals surface area contributed by atoms with E-state index in [0.29, 0.717) is 13.1 Å². The van der Waals surface area contributed by atoms with E-state index >= 15 is 0 Å². The minimum Gasteiger partial charge on any atom is -0.464 e. The van der Waals surface area contributed by atoms with E-state index in [1.54, 1.807) is 19.9 Å². The van der Waals surface area contributed by atoms with Crippen LogP contribution in [0.2, 0.25) is 0 Å². The first kappa shape index (κ1) is 13.6. The van der Waals surface area contributed by atoms with Crippen LogP contribution < -0.4 is 5.73 Å². The maximum absolute atomic E-state index is 11.6. The molecule has 0 aromatic carbocycles. The van der Waals surface area contributed by atoms with E-state index in [-0.39, 0.29) is 6.61 Å². The Morgan fingerprint density at radius 3 is 2.53 bits per heavy atom. The van der Waals surface area contributed by atoms with Gasteiger partial charge in [-0.1, -0.05) is 6.08 Å². The van der Waals surface area contributed by atoms with E-state index in [2.05, 4.69) is 11.3 Å². The largest absolute Gasteiger partial charge is 0.464 e. The molecule has 0 rings (SSSR count). The molecule has 1 unspecified atom stereocenters. The average molecular weight is 214 g/mol. The van der Waals surface area contributed by atoms with Crippen molar-refractivity contribution in [3.63, 3.8) is 0 Å². The Morgan fingerprint density at radius 1 is 1.53 bits per heavy atom. The molecule has 1 atom stereocenters. The number of carbonyl (C=O) groups excluding carboxylic acids is 2. The van der Waals surface area contributed by atoms with E-state index in [1.165, 1.54) is 4.90 Å². The van der Waals surface area contributed by atoms with Crippen LogP contribution in [-0.4, -0.2) is 42.5 Å². The highest BCUT2D eigenvalue weighted by molar-refractivity contribution is 6.01. The first-order chi connectivity index (χ1) is 7.08. The summed E-state index contributed by atoms with van der Waals surface area (Å²) in [4.78, 5) is 24.3. The Balaban J connectivity index is 4.39. The van der Waals surface area contributed by atoms with Crippen LogP contribution in [0, 0.1) is 0 Å². The van der Waals surface area contributed by atoms with Crippen LogP contribution in [-0.2, 0) is 14.3 Å². The molecule has 0 aromatic heterocycles. The lowest BCUT2D eigenvalue weighted by atomic mass is 10.2. The average Bonchev–Trinajstić information content (AvgIpc) is 2.24. The molecule has 5 heteroatoms. The van der Waals surface area contributed by atoms with Gasteiger partial charge in [0.1, 0.15) is 0 Å². The van der Waals surface area contributed by atoms with Gasteiger partial charge < -0.3 is 15.4 Å². The fourth-order valence-electron chi connectivity index (χ4n) is 1.06. The molecule has 0 bridgehead atoms. The minimum atomic E-state index is -1.23. The molecule has 0 aliphatic rings. The fraction of sp³-hybridized carbons (Fsp3) is 0.600. The molecule has 5 nitrogen and oxygen atoms in total. The van der Waals surface area contributed by atoms with Crippen LogP contribution in [0.1, 0.15) is 13.8 Å². The fourth-order valence-corrected chi connectivity index (χ4v) is 1.06. The maximum atomic E-state index is 11.6. The smallest absolute Gasteiger partial charge is 0.332 e. The number of amides is 1. The lowest BCUT2D eigenvalue weighted by Crippen LogP contribution is -2.48. The van der Waals surface area contributed by atoms with E-state index in [4.69, 9.17) is 5.73 Å². The molecule has 86 valence electrons. The molecule has 0 aromatic rings. The van der Waals surface area contributed by atoms with Gasteiger partial charge in [-0.05, 0) is 13.8 Å². The minimum absolute atomic E-state index is 0.216. The molecule has 0 radical (unpaired) electrons. The molecule has 0 saturated heterocycles. The van der Waals surface area contributed by atoms with Crippen molar-refractivity contribution in [3.8, 4) is 0 Å². The predicted molar refractivity (Wildman–Crippen MR) is 57.1 cm³/mol. The van der Waals surface area contributed by atoms with Gasteiger partial charge in [0.15, 0.2) is 6.04 Å². The van der Waals surface area contributed by atoms with Gasteiger partial charge in [-0.15, -0.1) is 6.58 Å². The topological polar surface area (TPSA) is 72.6 Å². The predicted octanol–water partition coefficient (Wildman–Crippen LogP) is -0.0887. The third-order valence-electron chi connectivity index (χ3n) is 1.85. The Kier molecular flexibility index (Phi) is 6.37. The zero-order chi connectivity index (χ0) is 11.8. The highest BCUT2D eigenvalue weighted by Crippen LogP contribution is 1.96. The summed E-state index contributed by atoms with van der Waals surface area (Å²) in [6.07, 6.45) is 1.58. The number of hydrogen-bond donors (Lipinski definition) is 1. The Bertz CT molecular complexity index is 241. The Labute approximate surface area is 89.9 Å². The number of likely N-dealkylation sites (N-methyl/N-ethyl adjacent to an activating group) is 1. The zero-order valence-electron chi connectivity index (χ0n) is 9.23. The van der Waals surface area contributed by atoms with Crippen LogP contribution in [0.15, 0.2) is 12.7 Å². The molecular weight excluding hydrogens is 196 g/mol. The molecule has 1 amide bonds. The monoisotopic (exact) mass is 214 g/mol. The van der Waals surface area contributed by atoms with Crippen molar-refractivity contribution in [3.05, 3.63) is 12.7 Å². The van der Waals surface area contributed by atoms with Gasteiger partial charge in [-0.3, -0.25) is 4.79 Å². The maximum Gasteiger partial charge on any atom is 0.332 e. The van der Waals surface area contributed by atoms with Crippen molar-refractivity contribution in [2.45, 2.75) is 19.9 Å². The summed E-state index contributed by atoms with van der Waals surface area (Å²) in [5, 5.41) is 0. The molecule has 0 saturated carbocycles. The molecule has 0 spiro atoms. The SMILES string of the molecule is C=CCN(CC)C(=O)C(N)C(=O)OCC. The number of nitrogens with two attached hydrogens (primary N) is 1. The number of nitrogens with zero attached hydrogens (tertiary/aromatic N) is 1. The molecule has 0 heterocycles. The molecular formula is C10H18N2O3. The van der Waals surface area contributed by atoms with Crippen molar-refractivity contribution in [1.82, 2.24) is 4.90 Å². The van der Waals surface area contributed by atoms with Gasteiger partial charge >= 0.3 is 5.97 Å². The van der Waals surface area contributed by atoms with E-state index in [1.807, 2.05) is 0 Å². The zero-order valence-corrected chi connectivity index (χ0v) is 9.23. The first-order valence-corrected chi connectivity index (χ1v) is 4.90. The Morgan fingerprint density at radius 2 is 2.13 bits per heavy atom. The van der Waals surface area contributed by atoms with Gasteiger partial charge in [-0.2, -0.15) is 0 Å². The third kappa shape index (κ3) is 4.12. The van der Waals surface area contributed by atoms with Crippen LogP contribution in [0.3, 0.4) is 0 Å². The van der Waals surface area contributed by atoms with Gasteiger partial charge in [0.25, 0.3) is 5.91 Å². The van der Waals surface area contributed by atoms with Crippen molar-refractivity contribution < 1.29 is 14.3 Å². The third-order valence-corrected chi connectivity index (χ3v) is 1.85. The van der Waals surface area contributed by atoms with Crippen molar-refractivity contribution >= 4 is 11.9 Å². The summed E-state index contributed by atoms with van der Waals surface area (Å²) in [7, 11) is 0. The lowest BCUT2D eigenvalue weighted by molar-refractivity contribution is -0.150. The van der Waals surface area contributed by atoms with Crippen LogP contribution in [0.4, 0.5) is 0 Å². The second-order valence-electron chi connectivity index (χ2n) is 2.90. The van der Waals surface area contributed by atoms with Crippen LogP contribution in [0.25, 0.3) is 0 Å². The van der Waals surface area contributed by atoms with Gasteiger partial charge in [0, 0.05) is 13.1 Å². The quantitative estimate of drug-likeness (QED) is 0.381. The molecule has 2 N–H and O–H groups in total. The molecule has 0 aliphatic carbocycles. The van der Waals surface area contributed by atoms with E-state index in [0.717, 1.165) is 0 Å². The van der Waals surface area contributed by atoms with Crippen LogP contribution >= 0.6 is 0 Å². The molecule has 15 heavy (non-hydrogen) atoms. The lowest BCUT2D eigenvalue weighted by Gasteiger charge is -2.21. The number of hydrogen-bond acceptors (Lipinski definition) is 4. The summed E-state index contributed by atoms with van der Waals surface area (Å²) in [6, 6.07) is -1.23. The number of esters is 1. The highest BCUT2D eigenvalue weighted by Gasteiger charge is 2.26. The summed E-state index contributed by atoms with van der Waals surface area (Å²) < 4.78 is 4.66. The Hall–Kier alpha value is -1.36. The van der Waals surface area contributed by atoms with E-state index < -0.39 is 17.9 Å². The van der Waals surface area contributed by atoms with Crippen molar-refractivity contribution in [1.29, 1.82) is 0 Å². The summed E-state index contributed by atoms with van der Waals surface area (Å²) in [5.41, 5.74) is 5.45. The standard InChI is InChI=1S/C10H18N2O3/c1-4-7-12(5-2)9(13)8(11)10(14)15-6-3/h4,8H,1,5-7,11H2,2-3H3. The second kappa shape index (κ2) is 7.00. The van der Waals surface area contributed by atoms with E-state index in [9.17, 15) is 9.59 Å². The summed E-state index contributed by atoms with van der Waals surface area (Å²) in [5.74, 6) is -1.12. The second-order valence-corrected chi connectivity index (χ2v) is 2.90. The number of carbonyl (C=O) groups is 2. The van der Waals surface area contributed by atoms with Crippen LogP contribution in [0.5, 0.6) is 0 Å². The number of rotatable bonds is 6. The normalized spacial score (nSPS) is 11.7. The summed E-state index contributed by atoms with van der Waals surface area (Å²) in [6.45, 7) is 8.07. The van der Waals surface area contributed by atoms with Gasteiger partial charge in [0.05, 0.1) is 6.61 Å². The van der Waals surface area contributed by atoms with Crippen molar-refractivity contribution in [2.75, 3.05) is 19.7 Å². The highest BCUT2D eigenvalue weighted by atomic mass is 16.5. The summed E-state index contributed by atoms with van der Waals surface area (Å²) >= 11 is 0. The van der Waals surface area contributed by atoms with Gasteiger partial charge in [-0.25, -0.2) is 4.79 Å². The first-order valence-electron chi connectivity index (χ1n) is 4.90.